The molecule has 3 aliphatic rings. The van der Waals surface area contributed by atoms with Crippen LogP contribution in [-0.4, -0.2) is 28.2 Å². The van der Waals surface area contributed by atoms with E-state index in [0.29, 0.717) is 30.1 Å². The van der Waals surface area contributed by atoms with Crippen LogP contribution in [0.3, 0.4) is 0 Å². The smallest absolute Gasteiger partial charge is 0.303 e. The quantitative estimate of drug-likeness (QED) is 0.358. The van der Waals surface area contributed by atoms with Gasteiger partial charge in [0.25, 0.3) is 0 Å². The zero-order valence-corrected chi connectivity index (χ0v) is 21.2. The Morgan fingerprint density at radius 2 is 1.97 bits per heavy atom. The summed E-state index contributed by atoms with van der Waals surface area (Å²) in [6.45, 7) is 5.92. The molecule has 0 aliphatic heterocycles. The van der Waals surface area contributed by atoms with Crippen molar-refractivity contribution < 1.29 is 19.1 Å². The molecule has 1 aromatic rings. The van der Waals surface area contributed by atoms with Crippen molar-refractivity contribution in [2.24, 2.45) is 23.2 Å². The lowest BCUT2D eigenvalue weighted by Gasteiger charge is -2.56. The molecule has 0 radical (unpaired) electrons. The van der Waals surface area contributed by atoms with Crippen LogP contribution in [0.4, 0.5) is 0 Å². The molecule has 0 saturated heterocycles. The van der Waals surface area contributed by atoms with Crippen molar-refractivity contribution in [2.75, 3.05) is 7.11 Å². The minimum absolute atomic E-state index is 0.0608. The molecule has 0 bridgehead atoms. The van der Waals surface area contributed by atoms with Gasteiger partial charge in [0, 0.05) is 12.3 Å². The summed E-state index contributed by atoms with van der Waals surface area (Å²) in [7, 11) is 1.72. The number of Topliss-reactive ketones (excluding diaryl/α,β-unsaturated/α-hetero) is 1. The van der Waals surface area contributed by atoms with Crippen LogP contribution in [0.5, 0.6) is 5.75 Å². The Balaban J connectivity index is 1.76. The first kappa shape index (κ1) is 22.3. The highest BCUT2D eigenvalue weighted by molar-refractivity contribution is 9.25. The predicted molar refractivity (Wildman–Crippen MR) is 123 cm³/mol. The summed E-state index contributed by atoms with van der Waals surface area (Å²) in [6, 6.07) is 6.51. The lowest BCUT2D eigenvalue weighted by Crippen LogP contribution is -2.59. The molecular formula is C24H30Br2O4. The van der Waals surface area contributed by atoms with Gasteiger partial charge in [-0.1, -0.05) is 51.8 Å². The number of fused-ring (bicyclic) bond motifs is 5. The van der Waals surface area contributed by atoms with E-state index >= 15 is 0 Å². The van der Waals surface area contributed by atoms with Gasteiger partial charge in [-0.25, -0.2) is 0 Å². The maximum Gasteiger partial charge on any atom is 0.303 e. The van der Waals surface area contributed by atoms with Gasteiger partial charge in [-0.2, -0.15) is 0 Å². The number of ether oxygens (including phenoxy) is 2. The Kier molecular flexibility index (Phi) is 5.89. The van der Waals surface area contributed by atoms with E-state index < -0.39 is 9.34 Å². The van der Waals surface area contributed by atoms with Crippen LogP contribution in [0, 0.1) is 23.2 Å². The van der Waals surface area contributed by atoms with Crippen molar-refractivity contribution in [3.8, 4) is 5.75 Å². The number of methoxy groups -OCH3 is 1. The van der Waals surface area contributed by atoms with E-state index in [4.69, 9.17) is 9.47 Å². The van der Waals surface area contributed by atoms with Gasteiger partial charge in [-0.3, -0.25) is 9.59 Å². The van der Waals surface area contributed by atoms with Crippen molar-refractivity contribution in [3.63, 3.8) is 0 Å². The first-order chi connectivity index (χ1) is 14.1. The van der Waals surface area contributed by atoms with E-state index in [9.17, 15) is 9.59 Å². The lowest BCUT2D eigenvalue weighted by molar-refractivity contribution is -0.186. The number of rotatable bonds is 4. The average molecular weight is 542 g/mol. The summed E-state index contributed by atoms with van der Waals surface area (Å²) in [6.07, 6.45) is 4.52. The fraction of sp³-hybridized carbons (Fsp3) is 0.667. The van der Waals surface area contributed by atoms with Crippen LogP contribution in [0.1, 0.15) is 63.5 Å². The Labute approximate surface area is 195 Å². The monoisotopic (exact) mass is 540 g/mol. The first-order valence-electron chi connectivity index (χ1n) is 10.8. The molecule has 4 rings (SSSR count). The van der Waals surface area contributed by atoms with Gasteiger partial charge in [-0.05, 0) is 79.0 Å². The number of ketones is 1. The maximum atomic E-state index is 13.4. The summed E-state index contributed by atoms with van der Waals surface area (Å²) in [5, 5.41) is 0. The molecule has 6 atom stereocenters. The Bertz CT molecular complexity index is 869. The third kappa shape index (κ3) is 3.19. The van der Waals surface area contributed by atoms with Crippen molar-refractivity contribution in [2.45, 2.75) is 68.1 Å². The van der Waals surface area contributed by atoms with Crippen LogP contribution in [0.25, 0.3) is 0 Å². The van der Waals surface area contributed by atoms with E-state index in [-0.39, 0.29) is 17.2 Å². The third-order valence-electron chi connectivity index (χ3n) is 8.26. The van der Waals surface area contributed by atoms with Crippen LogP contribution in [0.2, 0.25) is 0 Å². The number of carbonyl (C=O) groups is 2. The second kappa shape index (κ2) is 7.91. The number of halogens is 2. The van der Waals surface area contributed by atoms with Crippen molar-refractivity contribution >= 4 is 43.6 Å². The Morgan fingerprint density at radius 1 is 1.23 bits per heavy atom. The standard InChI is InChI=1S/C24H30Br2O4/c1-13-12-23(3)19(9-10-24(23,30-14(2)27)21(28)22(25)26)18-7-5-15-11-16(29-4)6-8-17(15)20(13)18/h6,8,11,13,18-20,22H,5,7,9-10,12H2,1-4H3/t13-,18-,19+,20+,23-,24-/m1/s1. The number of esters is 1. The molecule has 0 aromatic heterocycles. The molecule has 0 unspecified atom stereocenters. The normalized spacial score (nSPS) is 37.2. The van der Waals surface area contributed by atoms with Gasteiger partial charge in [0.05, 0.1) is 7.11 Å². The van der Waals surface area contributed by atoms with Gasteiger partial charge in [-0.15, -0.1) is 0 Å². The maximum absolute atomic E-state index is 13.4. The van der Waals surface area contributed by atoms with Gasteiger partial charge in [0.2, 0.25) is 5.78 Å². The molecule has 2 fully saturated rings. The lowest BCUT2D eigenvalue weighted by atomic mass is 9.50. The molecular weight excluding hydrogens is 512 g/mol. The number of benzene rings is 1. The number of hydrogen-bond donors (Lipinski definition) is 0. The summed E-state index contributed by atoms with van der Waals surface area (Å²) < 4.78 is 10.9. The van der Waals surface area contributed by atoms with E-state index in [1.807, 2.05) is 0 Å². The molecule has 164 valence electrons. The number of carbonyl (C=O) groups excluding carboxylic acids is 2. The molecule has 0 spiro atoms. The van der Waals surface area contributed by atoms with Crippen LogP contribution < -0.4 is 4.74 Å². The van der Waals surface area contributed by atoms with Crippen molar-refractivity contribution in [3.05, 3.63) is 29.3 Å². The molecule has 0 amide bonds. The SMILES string of the molecule is COc1ccc2c(c1)CC[C@H]1[C@H]2[C@H](C)C[C@]2(C)[C@H]1CC[C@@]2(OC(C)=O)C(=O)C(Br)Br. The number of alkyl halides is 2. The molecule has 2 saturated carbocycles. The van der Waals surface area contributed by atoms with Gasteiger partial charge in [0.15, 0.2) is 5.60 Å². The largest absolute Gasteiger partial charge is 0.497 e. The highest BCUT2D eigenvalue weighted by Crippen LogP contribution is 2.67. The molecule has 1 aromatic carbocycles. The zero-order valence-electron chi connectivity index (χ0n) is 18.0. The Morgan fingerprint density at radius 3 is 2.60 bits per heavy atom. The topological polar surface area (TPSA) is 52.6 Å². The van der Waals surface area contributed by atoms with Gasteiger partial charge < -0.3 is 9.47 Å². The second-order valence-electron chi connectivity index (χ2n) is 9.62. The summed E-state index contributed by atoms with van der Waals surface area (Å²) in [5.74, 6) is 2.21. The number of aryl methyl sites for hydroxylation is 1. The minimum atomic E-state index is -1.07. The highest BCUT2D eigenvalue weighted by Gasteiger charge is 2.68. The van der Waals surface area contributed by atoms with E-state index in [2.05, 4.69) is 63.9 Å². The summed E-state index contributed by atoms with van der Waals surface area (Å²) in [5.41, 5.74) is 1.41. The molecule has 4 nitrogen and oxygen atoms in total. The average Bonchev–Trinajstić information content (AvgIpc) is 2.98. The number of hydrogen-bond acceptors (Lipinski definition) is 4. The summed E-state index contributed by atoms with van der Waals surface area (Å²) in [4.78, 5) is 25.5. The highest BCUT2D eigenvalue weighted by atomic mass is 79.9. The van der Waals surface area contributed by atoms with E-state index in [1.54, 1.807) is 7.11 Å². The fourth-order valence-electron chi connectivity index (χ4n) is 7.27. The van der Waals surface area contributed by atoms with Crippen LogP contribution in [-0.2, 0) is 20.7 Å². The van der Waals surface area contributed by atoms with E-state index in [1.165, 1.54) is 18.1 Å². The predicted octanol–water partition coefficient (Wildman–Crippen LogP) is 5.78. The molecule has 0 heterocycles. The molecule has 3 aliphatic carbocycles. The van der Waals surface area contributed by atoms with E-state index in [0.717, 1.165) is 31.4 Å². The second-order valence-corrected chi connectivity index (χ2v) is 12.7. The fourth-order valence-corrected chi connectivity index (χ4v) is 8.01. The van der Waals surface area contributed by atoms with Crippen LogP contribution in [0.15, 0.2) is 18.2 Å². The first-order valence-corrected chi connectivity index (χ1v) is 12.7. The van der Waals surface area contributed by atoms with Gasteiger partial charge in [0.1, 0.15) is 9.49 Å². The molecule has 6 heteroatoms. The van der Waals surface area contributed by atoms with Crippen molar-refractivity contribution in [1.29, 1.82) is 0 Å². The zero-order chi connectivity index (χ0) is 21.8. The van der Waals surface area contributed by atoms with Crippen molar-refractivity contribution in [1.82, 2.24) is 0 Å². The van der Waals surface area contributed by atoms with Gasteiger partial charge >= 0.3 is 5.97 Å². The molecule has 30 heavy (non-hydrogen) atoms. The van der Waals surface area contributed by atoms with Crippen LogP contribution >= 0.6 is 31.9 Å². The third-order valence-corrected chi connectivity index (χ3v) is 9.09. The molecule has 0 N–H and O–H groups in total. The summed E-state index contributed by atoms with van der Waals surface area (Å²) >= 11 is 6.80. The Hall–Kier alpha value is -0.880. The minimum Gasteiger partial charge on any atom is -0.497 e.